The number of hydrogen-bond acceptors (Lipinski definition) is 6. The van der Waals surface area contributed by atoms with Crippen molar-refractivity contribution in [3.63, 3.8) is 0 Å². The lowest BCUT2D eigenvalue weighted by molar-refractivity contribution is -0.384. The van der Waals surface area contributed by atoms with Gasteiger partial charge in [0, 0.05) is 12.1 Å². The topological polar surface area (TPSA) is 105 Å². The van der Waals surface area contributed by atoms with Crippen molar-refractivity contribution in [1.29, 1.82) is 0 Å². The molecule has 2 aromatic rings. The van der Waals surface area contributed by atoms with Crippen LogP contribution < -0.4 is 4.74 Å². The fraction of sp³-hybridized carbons (Fsp3) is 0.222. The van der Waals surface area contributed by atoms with Gasteiger partial charge < -0.3 is 9.84 Å². The van der Waals surface area contributed by atoms with Crippen LogP contribution in [-0.4, -0.2) is 45.2 Å². The Labute approximate surface area is 166 Å². The molecule has 2 aromatic carbocycles. The van der Waals surface area contributed by atoms with Crippen LogP contribution in [0.5, 0.6) is 5.75 Å². The van der Waals surface area contributed by atoms with Gasteiger partial charge >= 0.3 is 6.18 Å². The van der Waals surface area contributed by atoms with Crippen molar-refractivity contribution in [1.82, 2.24) is 5.01 Å². The highest BCUT2D eigenvalue weighted by Crippen LogP contribution is 2.41. The Balaban J connectivity index is 1.81. The van der Waals surface area contributed by atoms with Crippen molar-refractivity contribution in [2.45, 2.75) is 18.3 Å². The Morgan fingerprint density at radius 2 is 1.80 bits per heavy atom. The van der Waals surface area contributed by atoms with Gasteiger partial charge in [0.25, 0.3) is 17.3 Å². The summed E-state index contributed by atoms with van der Waals surface area (Å²) in [4.78, 5) is 22.3. The van der Waals surface area contributed by atoms with E-state index in [9.17, 15) is 37.6 Å². The highest BCUT2D eigenvalue weighted by atomic mass is 19.4. The molecule has 0 saturated heterocycles. The van der Waals surface area contributed by atoms with Gasteiger partial charge in [-0.1, -0.05) is 12.1 Å². The third-order valence-electron chi connectivity index (χ3n) is 4.26. The van der Waals surface area contributed by atoms with Crippen molar-refractivity contribution in [2.75, 3.05) is 6.61 Å². The van der Waals surface area contributed by atoms with Crippen LogP contribution in [0.1, 0.15) is 12.0 Å². The summed E-state index contributed by atoms with van der Waals surface area (Å²) in [5.41, 5.74) is -4.01. The average Bonchev–Trinajstić information content (AvgIpc) is 3.06. The number of non-ortho nitro benzene ring substituents is 1. The van der Waals surface area contributed by atoms with E-state index >= 15 is 0 Å². The van der Waals surface area contributed by atoms with Gasteiger partial charge in [0.15, 0.2) is 6.61 Å². The third kappa shape index (κ3) is 4.08. The summed E-state index contributed by atoms with van der Waals surface area (Å²) in [6.07, 6.45) is -6.29. The second kappa shape index (κ2) is 7.71. The summed E-state index contributed by atoms with van der Waals surface area (Å²) in [5.74, 6) is -1.93. The number of nitro benzene ring substituents is 1. The molecule has 0 aromatic heterocycles. The standard InChI is InChI=1S/C18H13F4N3O5/c19-12-3-1-11(2-4-12)15-9-17(27,18(20,21)22)24(23-15)16(26)10-30-14-7-5-13(6-8-14)25(28)29/h1-8,27H,9-10H2/t17-/m0/s1. The Morgan fingerprint density at radius 3 is 2.33 bits per heavy atom. The van der Waals surface area contributed by atoms with Gasteiger partial charge in [-0.3, -0.25) is 14.9 Å². The largest absolute Gasteiger partial charge is 0.484 e. The number of aliphatic hydroxyl groups is 1. The number of alkyl halides is 3. The zero-order chi connectivity index (χ0) is 22.1. The number of rotatable bonds is 5. The van der Waals surface area contributed by atoms with Gasteiger partial charge in [-0.25, -0.2) is 4.39 Å². The molecular weight excluding hydrogens is 414 g/mol. The summed E-state index contributed by atoms with van der Waals surface area (Å²) < 4.78 is 58.7. The molecule has 8 nitrogen and oxygen atoms in total. The van der Waals surface area contributed by atoms with E-state index in [4.69, 9.17) is 4.74 Å². The van der Waals surface area contributed by atoms with E-state index in [0.717, 1.165) is 24.3 Å². The highest BCUT2D eigenvalue weighted by molar-refractivity contribution is 6.03. The molecule has 1 N–H and O–H groups in total. The van der Waals surface area contributed by atoms with E-state index < -0.39 is 41.6 Å². The highest BCUT2D eigenvalue weighted by Gasteiger charge is 2.63. The van der Waals surface area contributed by atoms with E-state index in [1.807, 2.05) is 0 Å². The maximum atomic E-state index is 13.5. The molecule has 0 fully saturated rings. The molecule has 1 aliphatic heterocycles. The number of nitrogens with zero attached hydrogens (tertiary/aromatic N) is 3. The van der Waals surface area contributed by atoms with Gasteiger partial charge in [-0.05, 0) is 29.8 Å². The maximum Gasteiger partial charge on any atom is 0.438 e. The lowest BCUT2D eigenvalue weighted by Crippen LogP contribution is -2.57. The Morgan fingerprint density at radius 1 is 1.20 bits per heavy atom. The van der Waals surface area contributed by atoms with Crippen LogP contribution in [0.3, 0.4) is 0 Å². The average molecular weight is 427 g/mol. The molecule has 1 heterocycles. The summed E-state index contributed by atoms with van der Waals surface area (Å²) in [6.45, 7) is -0.920. The smallest absolute Gasteiger partial charge is 0.438 e. The first-order valence-electron chi connectivity index (χ1n) is 8.34. The molecule has 1 aliphatic rings. The predicted octanol–water partition coefficient (Wildman–Crippen LogP) is 3.00. The lowest BCUT2D eigenvalue weighted by atomic mass is 10.0. The van der Waals surface area contributed by atoms with E-state index in [0.29, 0.717) is 0 Å². The van der Waals surface area contributed by atoms with Gasteiger partial charge in [0.05, 0.1) is 17.1 Å². The van der Waals surface area contributed by atoms with E-state index in [2.05, 4.69) is 5.10 Å². The maximum absolute atomic E-state index is 13.5. The molecule has 0 aliphatic carbocycles. The SMILES string of the molecule is O=C(COc1ccc([N+](=O)[O-])cc1)N1N=C(c2ccc(F)cc2)C[C@]1(O)C(F)(F)F. The monoisotopic (exact) mass is 427 g/mol. The van der Waals surface area contributed by atoms with Crippen LogP contribution >= 0.6 is 0 Å². The van der Waals surface area contributed by atoms with E-state index in [-0.39, 0.29) is 27.7 Å². The molecule has 0 bridgehead atoms. The van der Waals surface area contributed by atoms with Crippen molar-refractivity contribution < 1.29 is 37.1 Å². The fourth-order valence-electron chi connectivity index (χ4n) is 2.70. The van der Waals surface area contributed by atoms with E-state index in [1.165, 1.54) is 24.3 Å². The van der Waals surface area contributed by atoms with Gasteiger partial charge in [0.2, 0.25) is 0 Å². The van der Waals surface area contributed by atoms with Crippen LogP contribution in [0.2, 0.25) is 0 Å². The van der Waals surface area contributed by atoms with Gasteiger partial charge in [0.1, 0.15) is 11.6 Å². The number of ether oxygens (including phenoxy) is 1. The molecule has 0 radical (unpaired) electrons. The molecule has 3 rings (SSSR count). The summed E-state index contributed by atoms with van der Waals surface area (Å²) in [7, 11) is 0. The van der Waals surface area contributed by atoms with E-state index in [1.54, 1.807) is 0 Å². The van der Waals surface area contributed by atoms with Crippen molar-refractivity contribution >= 4 is 17.3 Å². The number of carbonyl (C=O) groups excluding carboxylic acids is 1. The fourth-order valence-corrected chi connectivity index (χ4v) is 2.70. The number of benzene rings is 2. The molecule has 12 heteroatoms. The quantitative estimate of drug-likeness (QED) is 0.449. The minimum Gasteiger partial charge on any atom is -0.484 e. The number of halogens is 4. The molecule has 0 unspecified atom stereocenters. The Bertz CT molecular complexity index is 992. The molecule has 0 saturated carbocycles. The number of amides is 1. The zero-order valence-corrected chi connectivity index (χ0v) is 15.0. The number of carbonyl (C=O) groups is 1. The van der Waals surface area contributed by atoms with Crippen LogP contribution in [0, 0.1) is 15.9 Å². The van der Waals surface area contributed by atoms with Crippen molar-refractivity contribution in [3.05, 3.63) is 70.0 Å². The number of nitro groups is 1. The summed E-state index contributed by atoms with van der Waals surface area (Å²) >= 11 is 0. The molecule has 30 heavy (non-hydrogen) atoms. The second-order valence-corrected chi connectivity index (χ2v) is 6.29. The van der Waals surface area contributed by atoms with Gasteiger partial charge in [-0.2, -0.15) is 23.3 Å². The minimum absolute atomic E-state index is 0.00793. The Hall–Kier alpha value is -3.54. The molecule has 1 amide bonds. The summed E-state index contributed by atoms with van der Waals surface area (Å²) in [5, 5.41) is 24.3. The van der Waals surface area contributed by atoms with Crippen molar-refractivity contribution in [2.24, 2.45) is 5.10 Å². The second-order valence-electron chi connectivity index (χ2n) is 6.29. The van der Waals surface area contributed by atoms with Crippen LogP contribution in [-0.2, 0) is 4.79 Å². The van der Waals surface area contributed by atoms with Crippen molar-refractivity contribution in [3.8, 4) is 5.75 Å². The first kappa shape index (κ1) is 21.2. The molecular formula is C18H13F4N3O5. The number of hydrazone groups is 1. The molecule has 0 spiro atoms. The first-order valence-corrected chi connectivity index (χ1v) is 8.34. The van der Waals surface area contributed by atoms with Crippen LogP contribution in [0.15, 0.2) is 53.6 Å². The predicted molar refractivity (Wildman–Crippen MR) is 94.0 cm³/mol. The van der Waals surface area contributed by atoms with Crippen LogP contribution in [0.25, 0.3) is 0 Å². The zero-order valence-electron chi connectivity index (χ0n) is 15.0. The summed E-state index contributed by atoms with van der Waals surface area (Å²) in [6, 6.07) is 8.87. The molecule has 1 atom stereocenters. The lowest BCUT2D eigenvalue weighted by Gasteiger charge is -2.32. The first-order chi connectivity index (χ1) is 14.0. The van der Waals surface area contributed by atoms with Gasteiger partial charge in [-0.15, -0.1) is 0 Å². The Kier molecular flexibility index (Phi) is 5.44. The minimum atomic E-state index is -5.23. The number of hydrogen-bond donors (Lipinski definition) is 1. The third-order valence-corrected chi connectivity index (χ3v) is 4.26. The van der Waals surface area contributed by atoms with Crippen LogP contribution in [0.4, 0.5) is 23.2 Å². The molecule has 158 valence electrons. The normalized spacial score (nSPS) is 18.8.